The molecule has 0 saturated carbocycles. The molecule has 35 heavy (non-hydrogen) atoms. The number of hydrogen-bond acceptors (Lipinski definition) is 6. The average molecular weight is 515 g/mol. The first-order chi connectivity index (χ1) is 16.8. The number of piperidine rings is 1. The number of H-pyrrole nitrogens is 1. The third kappa shape index (κ3) is 5.05. The van der Waals surface area contributed by atoms with Gasteiger partial charge in [0.1, 0.15) is 5.69 Å². The normalized spacial score (nSPS) is 20.5. The Morgan fingerprint density at radius 1 is 1.14 bits per heavy atom. The van der Waals surface area contributed by atoms with Crippen molar-refractivity contribution in [3.8, 4) is 0 Å². The molecule has 4 heterocycles. The summed E-state index contributed by atoms with van der Waals surface area (Å²) in [4.78, 5) is 50.9. The molecule has 0 unspecified atom stereocenters. The summed E-state index contributed by atoms with van der Waals surface area (Å²) in [6.45, 7) is 4.06. The highest BCUT2D eigenvalue weighted by Crippen LogP contribution is 2.25. The van der Waals surface area contributed by atoms with Crippen LogP contribution in [-0.2, 0) is 17.8 Å². The fraction of sp³-hybridized carbons (Fsp3) is 0.417. The minimum Gasteiger partial charge on any atom is -0.351 e. The van der Waals surface area contributed by atoms with Crippen molar-refractivity contribution in [3.05, 3.63) is 50.6 Å². The summed E-state index contributed by atoms with van der Waals surface area (Å²) in [5, 5.41) is 7.96. The Morgan fingerprint density at radius 2 is 1.94 bits per heavy atom. The number of likely N-dealkylation sites (N-methyl/N-ethyl adjacent to an activating group) is 1. The van der Waals surface area contributed by atoms with Crippen LogP contribution in [0.4, 0.5) is 0 Å². The first-order valence-electron chi connectivity index (χ1n) is 11.6. The molecule has 1 saturated heterocycles. The lowest BCUT2D eigenvalue weighted by atomic mass is 9.98. The zero-order valence-corrected chi connectivity index (χ0v) is 21.1. The summed E-state index contributed by atoms with van der Waals surface area (Å²) in [7, 11) is 2.06. The largest absolute Gasteiger partial charge is 0.351 e. The summed E-state index contributed by atoms with van der Waals surface area (Å²) in [6, 6.07) is 6.34. The molecule has 0 aliphatic carbocycles. The molecule has 3 aromatic rings. The number of aromatic nitrogens is 2. The molecule has 2 aromatic heterocycles. The molecular formula is C24H27ClN6O3S. The SMILES string of the molecule is CC(=O)N1CC[C@@H](NC(=O)c2nc3c(s2)CN(C)CC3)[C@@H](NC(=O)c2cc3cc(Cl)ccc3[nH]2)C1. The highest BCUT2D eigenvalue weighted by molar-refractivity contribution is 7.13. The molecule has 9 nitrogen and oxygen atoms in total. The van der Waals surface area contributed by atoms with Crippen LogP contribution in [0.3, 0.4) is 0 Å². The number of rotatable bonds is 4. The molecule has 1 aromatic carbocycles. The first-order valence-corrected chi connectivity index (χ1v) is 12.8. The lowest BCUT2D eigenvalue weighted by Gasteiger charge is -2.38. The van der Waals surface area contributed by atoms with Crippen molar-refractivity contribution in [2.45, 2.75) is 38.4 Å². The van der Waals surface area contributed by atoms with Crippen LogP contribution in [0, 0.1) is 0 Å². The zero-order chi connectivity index (χ0) is 24.7. The third-order valence-electron chi connectivity index (χ3n) is 6.63. The molecule has 3 amide bonds. The van der Waals surface area contributed by atoms with Crippen LogP contribution in [0.2, 0.25) is 5.02 Å². The summed E-state index contributed by atoms with van der Waals surface area (Å²) in [6.07, 6.45) is 1.37. The van der Waals surface area contributed by atoms with Crippen LogP contribution in [-0.4, -0.2) is 76.3 Å². The van der Waals surface area contributed by atoms with E-state index < -0.39 is 6.04 Å². The monoisotopic (exact) mass is 514 g/mol. The van der Waals surface area contributed by atoms with E-state index in [1.165, 1.54) is 18.3 Å². The van der Waals surface area contributed by atoms with Crippen molar-refractivity contribution in [3.63, 3.8) is 0 Å². The number of fused-ring (bicyclic) bond motifs is 2. The number of nitrogens with zero attached hydrogens (tertiary/aromatic N) is 3. The van der Waals surface area contributed by atoms with Gasteiger partial charge in [-0.25, -0.2) is 4.98 Å². The van der Waals surface area contributed by atoms with Crippen molar-refractivity contribution >= 4 is 51.6 Å². The molecule has 2 atom stereocenters. The number of halogens is 1. The fourth-order valence-electron chi connectivity index (χ4n) is 4.68. The van der Waals surface area contributed by atoms with E-state index in [1.807, 2.05) is 6.07 Å². The van der Waals surface area contributed by atoms with Gasteiger partial charge in [-0.3, -0.25) is 14.4 Å². The van der Waals surface area contributed by atoms with Gasteiger partial charge in [-0.1, -0.05) is 11.6 Å². The number of likely N-dealkylation sites (tertiary alicyclic amines) is 1. The third-order valence-corrected chi connectivity index (χ3v) is 7.95. The van der Waals surface area contributed by atoms with E-state index in [0.717, 1.165) is 41.0 Å². The highest BCUT2D eigenvalue weighted by Gasteiger charge is 2.34. The second-order valence-electron chi connectivity index (χ2n) is 9.20. The van der Waals surface area contributed by atoms with Gasteiger partial charge in [-0.2, -0.15) is 0 Å². The smallest absolute Gasteiger partial charge is 0.280 e. The second kappa shape index (κ2) is 9.60. The Hall–Kier alpha value is -2.95. The molecule has 0 bridgehead atoms. The van der Waals surface area contributed by atoms with Gasteiger partial charge in [0.15, 0.2) is 5.01 Å². The second-order valence-corrected chi connectivity index (χ2v) is 10.7. The summed E-state index contributed by atoms with van der Waals surface area (Å²) < 4.78 is 0. The number of aromatic amines is 1. The Labute approximate surface area is 211 Å². The number of benzene rings is 1. The Kier molecular flexibility index (Phi) is 6.52. The van der Waals surface area contributed by atoms with Gasteiger partial charge >= 0.3 is 0 Å². The van der Waals surface area contributed by atoms with E-state index in [1.54, 1.807) is 23.1 Å². The van der Waals surface area contributed by atoms with Gasteiger partial charge in [0.25, 0.3) is 11.8 Å². The lowest BCUT2D eigenvalue weighted by Crippen LogP contribution is -2.61. The van der Waals surface area contributed by atoms with Crippen molar-refractivity contribution in [2.75, 3.05) is 26.7 Å². The van der Waals surface area contributed by atoms with Gasteiger partial charge < -0.3 is 25.4 Å². The zero-order valence-electron chi connectivity index (χ0n) is 19.6. The maximum Gasteiger partial charge on any atom is 0.280 e. The van der Waals surface area contributed by atoms with Gasteiger partial charge in [-0.05, 0) is 37.7 Å². The van der Waals surface area contributed by atoms with E-state index in [0.29, 0.717) is 35.2 Å². The highest BCUT2D eigenvalue weighted by atomic mass is 35.5. The summed E-state index contributed by atoms with van der Waals surface area (Å²) in [5.74, 6) is -0.612. The Bertz CT molecular complexity index is 1300. The summed E-state index contributed by atoms with van der Waals surface area (Å²) >= 11 is 7.49. The van der Waals surface area contributed by atoms with E-state index in [4.69, 9.17) is 11.6 Å². The maximum atomic E-state index is 13.1. The molecular weight excluding hydrogens is 488 g/mol. The van der Waals surface area contributed by atoms with Crippen molar-refractivity contribution in [1.82, 2.24) is 30.4 Å². The van der Waals surface area contributed by atoms with Crippen LogP contribution in [0.5, 0.6) is 0 Å². The molecule has 0 spiro atoms. The van der Waals surface area contributed by atoms with Crippen LogP contribution >= 0.6 is 22.9 Å². The van der Waals surface area contributed by atoms with Crippen LogP contribution in [0.15, 0.2) is 24.3 Å². The van der Waals surface area contributed by atoms with Crippen molar-refractivity contribution in [1.29, 1.82) is 0 Å². The quantitative estimate of drug-likeness (QED) is 0.495. The molecule has 2 aliphatic heterocycles. The van der Waals surface area contributed by atoms with E-state index in [2.05, 4.69) is 32.5 Å². The predicted octanol–water partition coefficient (Wildman–Crippen LogP) is 2.41. The van der Waals surface area contributed by atoms with Crippen molar-refractivity contribution in [2.24, 2.45) is 0 Å². The predicted molar refractivity (Wildman–Crippen MR) is 135 cm³/mol. The lowest BCUT2D eigenvalue weighted by molar-refractivity contribution is -0.130. The van der Waals surface area contributed by atoms with E-state index in [9.17, 15) is 14.4 Å². The van der Waals surface area contributed by atoms with Crippen LogP contribution < -0.4 is 10.6 Å². The molecule has 184 valence electrons. The Balaban J connectivity index is 1.32. The summed E-state index contributed by atoms with van der Waals surface area (Å²) in [5.41, 5.74) is 2.19. The van der Waals surface area contributed by atoms with Gasteiger partial charge in [0.05, 0.1) is 17.8 Å². The fourth-order valence-corrected chi connectivity index (χ4v) is 5.95. The average Bonchev–Trinajstić information content (AvgIpc) is 3.43. The minimum absolute atomic E-state index is 0.0639. The van der Waals surface area contributed by atoms with Gasteiger partial charge in [0, 0.05) is 60.3 Å². The first kappa shape index (κ1) is 23.8. The van der Waals surface area contributed by atoms with Crippen LogP contribution in [0.25, 0.3) is 10.9 Å². The molecule has 1 fully saturated rings. The van der Waals surface area contributed by atoms with Gasteiger partial charge in [-0.15, -0.1) is 11.3 Å². The number of carbonyl (C=O) groups is 3. The van der Waals surface area contributed by atoms with Crippen molar-refractivity contribution < 1.29 is 14.4 Å². The van der Waals surface area contributed by atoms with Crippen LogP contribution in [0.1, 0.15) is 44.2 Å². The molecule has 0 radical (unpaired) electrons. The van der Waals surface area contributed by atoms with E-state index >= 15 is 0 Å². The molecule has 5 rings (SSSR count). The molecule has 11 heteroatoms. The Morgan fingerprint density at radius 3 is 2.74 bits per heavy atom. The van der Waals surface area contributed by atoms with E-state index in [-0.39, 0.29) is 23.8 Å². The number of thiazole rings is 1. The standard InChI is InChI=1S/C24H27ClN6O3S/c1-13(32)31-8-6-17(27-23(34)24-29-18-5-7-30(2)12-21(18)35-24)20(11-31)28-22(33)19-10-14-9-15(25)3-4-16(14)26-19/h3-4,9-10,17,20,26H,5-8,11-12H2,1-2H3,(H,27,34)(H,28,33)/t17-,20+/m1/s1. The molecule has 3 N–H and O–H groups in total. The maximum absolute atomic E-state index is 13.1. The number of hydrogen-bond donors (Lipinski definition) is 3. The topological polar surface area (TPSA) is 110 Å². The number of amides is 3. The minimum atomic E-state index is -0.445. The molecule has 2 aliphatic rings. The number of nitrogens with one attached hydrogen (secondary N) is 3. The number of carbonyl (C=O) groups excluding carboxylic acids is 3. The van der Waals surface area contributed by atoms with Gasteiger partial charge in [0.2, 0.25) is 5.91 Å².